The molecule has 110 valence electrons. The maximum atomic E-state index is 6.39. The lowest BCUT2D eigenvalue weighted by molar-refractivity contribution is 0.537. The molecule has 3 rings (SSSR count). The second-order valence-electron chi connectivity index (χ2n) is 5.66. The van der Waals surface area contributed by atoms with Gasteiger partial charge in [-0.2, -0.15) is 0 Å². The fraction of sp³-hybridized carbons (Fsp3) is 0.333. The van der Waals surface area contributed by atoms with Crippen LogP contribution in [0.15, 0.2) is 47.4 Å². The zero-order chi connectivity index (χ0) is 14.8. The van der Waals surface area contributed by atoms with Crippen molar-refractivity contribution in [1.82, 2.24) is 5.32 Å². The highest BCUT2D eigenvalue weighted by Crippen LogP contribution is 2.39. The Morgan fingerprint density at radius 2 is 2.10 bits per heavy atom. The van der Waals surface area contributed by atoms with Crippen molar-refractivity contribution in [3.63, 3.8) is 0 Å². The first-order valence-electron chi connectivity index (χ1n) is 7.34. The second-order valence-corrected chi connectivity index (χ2v) is 7.35. The molecule has 1 heterocycles. The maximum absolute atomic E-state index is 6.39. The van der Waals surface area contributed by atoms with Crippen LogP contribution in [0.2, 0.25) is 5.02 Å². The smallest absolute Gasteiger partial charge is 0.0441 e. The number of rotatable bonds is 4. The van der Waals surface area contributed by atoms with Crippen LogP contribution in [0.3, 0.4) is 0 Å². The average Bonchev–Trinajstić information content (AvgIpc) is 2.90. The number of nitrogens with one attached hydrogen (secondary N) is 1. The summed E-state index contributed by atoms with van der Waals surface area (Å²) in [6.45, 7) is 2.08. The summed E-state index contributed by atoms with van der Waals surface area (Å²) in [5.74, 6) is 0. The maximum Gasteiger partial charge on any atom is 0.0441 e. The normalized spacial score (nSPS) is 18.5. The van der Waals surface area contributed by atoms with Crippen LogP contribution in [0, 0.1) is 6.92 Å². The third-order valence-corrected chi connectivity index (χ3v) is 5.94. The van der Waals surface area contributed by atoms with Gasteiger partial charge >= 0.3 is 0 Å². The molecule has 0 saturated heterocycles. The Bertz CT molecular complexity index is 616. The second kappa shape index (κ2) is 6.43. The minimum absolute atomic E-state index is 0.433. The molecule has 0 fully saturated rings. The Morgan fingerprint density at radius 1 is 1.29 bits per heavy atom. The number of hydrogen-bond acceptors (Lipinski definition) is 2. The summed E-state index contributed by atoms with van der Waals surface area (Å²) >= 11 is 8.38. The highest BCUT2D eigenvalue weighted by molar-refractivity contribution is 8.00. The first-order valence-corrected chi connectivity index (χ1v) is 8.60. The van der Waals surface area contributed by atoms with Gasteiger partial charge in [0.05, 0.1) is 0 Å². The number of aryl methyl sites for hydroxylation is 1. The molecule has 0 radical (unpaired) electrons. The van der Waals surface area contributed by atoms with E-state index in [9.17, 15) is 0 Å². The van der Waals surface area contributed by atoms with Crippen molar-refractivity contribution in [3.8, 4) is 0 Å². The fourth-order valence-corrected chi connectivity index (χ4v) is 4.67. The summed E-state index contributed by atoms with van der Waals surface area (Å²) in [5, 5.41) is 4.95. The first-order chi connectivity index (χ1) is 10.2. The van der Waals surface area contributed by atoms with E-state index in [1.807, 2.05) is 11.8 Å². The molecule has 0 amide bonds. The number of fused-ring (bicyclic) bond motifs is 1. The summed E-state index contributed by atoms with van der Waals surface area (Å²) < 4.78 is 0. The van der Waals surface area contributed by atoms with E-state index in [0.29, 0.717) is 11.3 Å². The van der Waals surface area contributed by atoms with Crippen molar-refractivity contribution in [1.29, 1.82) is 0 Å². The van der Waals surface area contributed by atoms with E-state index in [-0.39, 0.29) is 0 Å². The highest BCUT2D eigenvalue weighted by Gasteiger charge is 2.28. The predicted octanol–water partition coefficient (Wildman–Crippen LogP) is 4.50. The molecule has 0 aliphatic carbocycles. The van der Waals surface area contributed by atoms with Gasteiger partial charge in [-0.1, -0.05) is 41.9 Å². The van der Waals surface area contributed by atoms with Gasteiger partial charge in [-0.15, -0.1) is 11.8 Å². The Labute approximate surface area is 136 Å². The molecule has 2 atom stereocenters. The van der Waals surface area contributed by atoms with Gasteiger partial charge in [0.15, 0.2) is 0 Å². The van der Waals surface area contributed by atoms with Gasteiger partial charge in [0, 0.05) is 21.2 Å². The number of likely N-dealkylation sites (N-methyl/N-ethyl adjacent to an activating group) is 1. The predicted molar refractivity (Wildman–Crippen MR) is 92.5 cm³/mol. The van der Waals surface area contributed by atoms with Gasteiger partial charge in [0.25, 0.3) is 0 Å². The van der Waals surface area contributed by atoms with Gasteiger partial charge in [0.2, 0.25) is 0 Å². The van der Waals surface area contributed by atoms with E-state index in [2.05, 4.69) is 61.8 Å². The summed E-state index contributed by atoms with van der Waals surface area (Å²) in [7, 11) is 2.05. The van der Waals surface area contributed by atoms with Crippen molar-refractivity contribution in [2.24, 2.45) is 0 Å². The Morgan fingerprint density at radius 3 is 2.81 bits per heavy atom. The van der Waals surface area contributed by atoms with E-state index in [0.717, 1.165) is 17.9 Å². The van der Waals surface area contributed by atoms with E-state index >= 15 is 0 Å². The lowest BCUT2D eigenvalue weighted by Gasteiger charge is -2.23. The number of halogens is 1. The largest absolute Gasteiger partial charge is 0.316 e. The van der Waals surface area contributed by atoms with E-state index in [4.69, 9.17) is 11.6 Å². The zero-order valence-corrected chi connectivity index (χ0v) is 14.0. The lowest BCUT2D eigenvalue weighted by atomic mass is 9.98. The highest BCUT2D eigenvalue weighted by atomic mass is 35.5. The zero-order valence-electron chi connectivity index (χ0n) is 12.4. The van der Waals surface area contributed by atoms with Gasteiger partial charge in [0.1, 0.15) is 0 Å². The molecular formula is C18H20ClNS. The number of thioether (sulfide) groups is 1. The van der Waals surface area contributed by atoms with Crippen molar-refractivity contribution in [3.05, 3.63) is 64.2 Å². The first kappa shape index (κ1) is 15.0. The standard InChI is InChI=1S/C18H20ClNS/c1-12-7-8-13(15(19)9-12)10-16(20-2)18-11-14-5-3-4-6-17(14)21-18/h3-9,16,18,20H,10-11H2,1-2H3. The van der Waals surface area contributed by atoms with Gasteiger partial charge in [-0.3, -0.25) is 0 Å². The molecule has 21 heavy (non-hydrogen) atoms. The molecule has 1 nitrogen and oxygen atoms in total. The molecule has 0 bridgehead atoms. The van der Waals surface area contributed by atoms with Crippen molar-refractivity contribution >= 4 is 23.4 Å². The topological polar surface area (TPSA) is 12.0 Å². The van der Waals surface area contributed by atoms with Crippen LogP contribution >= 0.6 is 23.4 Å². The molecule has 3 heteroatoms. The molecule has 1 aliphatic rings. The third kappa shape index (κ3) is 3.28. The third-order valence-electron chi connectivity index (χ3n) is 4.14. The molecule has 2 unspecified atom stereocenters. The Hall–Kier alpha value is -0.960. The molecule has 0 aromatic heterocycles. The van der Waals surface area contributed by atoms with E-state index in [1.54, 1.807) is 0 Å². The Balaban J connectivity index is 1.75. The summed E-state index contributed by atoms with van der Waals surface area (Å²) in [6.07, 6.45) is 2.11. The van der Waals surface area contributed by atoms with Crippen LogP contribution in [0.4, 0.5) is 0 Å². The van der Waals surface area contributed by atoms with Crippen molar-refractivity contribution in [2.45, 2.75) is 36.0 Å². The summed E-state index contributed by atoms with van der Waals surface area (Å²) in [6, 6.07) is 15.5. The molecule has 2 aromatic carbocycles. The molecule has 1 N–H and O–H groups in total. The van der Waals surface area contributed by atoms with Gasteiger partial charge in [-0.05, 0) is 55.6 Å². The SMILES string of the molecule is CNC(Cc1ccc(C)cc1Cl)C1Cc2ccccc2S1. The van der Waals surface area contributed by atoms with Gasteiger partial charge < -0.3 is 5.32 Å². The fourth-order valence-electron chi connectivity index (χ4n) is 2.91. The van der Waals surface area contributed by atoms with Crippen LogP contribution < -0.4 is 5.32 Å². The average molecular weight is 318 g/mol. The van der Waals surface area contributed by atoms with E-state index < -0.39 is 0 Å². The number of benzene rings is 2. The van der Waals surface area contributed by atoms with Crippen molar-refractivity contribution < 1.29 is 0 Å². The summed E-state index contributed by atoms with van der Waals surface area (Å²) in [5.41, 5.74) is 3.92. The monoisotopic (exact) mass is 317 g/mol. The van der Waals surface area contributed by atoms with Gasteiger partial charge in [-0.25, -0.2) is 0 Å². The van der Waals surface area contributed by atoms with Crippen molar-refractivity contribution in [2.75, 3.05) is 7.05 Å². The van der Waals surface area contributed by atoms with E-state index in [1.165, 1.54) is 21.6 Å². The van der Waals surface area contributed by atoms with Crippen LogP contribution in [0.1, 0.15) is 16.7 Å². The molecule has 2 aromatic rings. The lowest BCUT2D eigenvalue weighted by Crippen LogP contribution is -2.37. The minimum atomic E-state index is 0.433. The summed E-state index contributed by atoms with van der Waals surface area (Å²) in [4.78, 5) is 1.43. The van der Waals surface area contributed by atoms with Crippen LogP contribution in [-0.4, -0.2) is 18.3 Å². The number of hydrogen-bond donors (Lipinski definition) is 1. The van der Waals surface area contributed by atoms with Crippen LogP contribution in [0.5, 0.6) is 0 Å². The van der Waals surface area contributed by atoms with Crippen LogP contribution in [0.25, 0.3) is 0 Å². The molecule has 0 spiro atoms. The molecular weight excluding hydrogens is 298 g/mol. The quantitative estimate of drug-likeness (QED) is 0.891. The molecule has 1 aliphatic heterocycles. The Kier molecular flexibility index (Phi) is 4.58. The van der Waals surface area contributed by atoms with Crippen LogP contribution in [-0.2, 0) is 12.8 Å². The molecule has 0 saturated carbocycles. The minimum Gasteiger partial charge on any atom is -0.316 e.